The number of amides is 2. The lowest BCUT2D eigenvalue weighted by atomic mass is 9.99. The van der Waals surface area contributed by atoms with E-state index < -0.39 is 5.91 Å². The molecule has 0 aliphatic carbocycles. The van der Waals surface area contributed by atoms with Crippen molar-refractivity contribution in [2.75, 3.05) is 31.5 Å². The van der Waals surface area contributed by atoms with Crippen molar-refractivity contribution in [2.45, 2.75) is 58.5 Å². The molecule has 3 aromatic rings. The van der Waals surface area contributed by atoms with Crippen LogP contribution in [0.5, 0.6) is 0 Å². The van der Waals surface area contributed by atoms with Crippen LogP contribution in [0.15, 0.2) is 65.8 Å². The first kappa shape index (κ1) is 30.0. The molecule has 5 rings (SSSR count). The zero-order valence-electron chi connectivity index (χ0n) is 24.5. The maximum atomic E-state index is 13.3. The van der Waals surface area contributed by atoms with Gasteiger partial charge in [0.15, 0.2) is 0 Å². The summed E-state index contributed by atoms with van der Waals surface area (Å²) in [5, 5.41) is 7.40. The van der Waals surface area contributed by atoms with E-state index in [0.29, 0.717) is 22.3 Å². The van der Waals surface area contributed by atoms with Crippen LogP contribution in [0.4, 0.5) is 5.69 Å². The highest BCUT2D eigenvalue weighted by Crippen LogP contribution is 2.24. The van der Waals surface area contributed by atoms with Gasteiger partial charge in [-0.15, -0.1) is 0 Å². The van der Waals surface area contributed by atoms with Gasteiger partial charge in [-0.2, -0.15) is 5.10 Å². The number of carbonyl (C=O) groups excluding carboxylic acids is 2. The standard InChI is InChI=1S/C34H40ClN5O2/c1-24-9-10-26(19-25(24)2)22-36-38-34(42)31-21-29(35)11-12-32(31)37-33(41)28-8-6-7-27(20-28)23-39-17-13-30(14-18-39)40-15-4-3-5-16-40/h6-12,19-22,30H,3-5,13-18,23H2,1-2H3,(H,37,41)(H,38,42)/b36-22+. The summed E-state index contributed by atoms with van der Waals surface area (Å²) in [4.78, 5) is 31.4. The summed E-state index contributed by atoms with van der Waals surface area (Å²) in [6.45, 7) is 9.54. The maximum absolute atomic E-state index is 13.3. The molecule has 0 saturated carbocycles. The predicted octanol–water partition coefficient (Wildman–Crippen LogP) is 6.42. The van der Waals surface area contributed by atoms with Gasteiger partial charge in [-0.3, -0.25) is 14.5 Å². The van der Waals surface area contributed by atoms with Crippen molar-refractivity contribution in [2.24, 2.45) is 5.10 Å². The third kappa shape index (κ3) is 7.85. The average Bonchev–Trinajstić information content (AvgIpc) is 3.00. The maximum Gasteiger partial charge on any atom is 0.273 e. The number of carbonyl (C=O) groups is 2. The van der Waals surface area contributed by atoms with Crippen LogP contribution in [0, 0.1) is 13.8 Å². The molecule has 0 spiro atoms. The number of piperidine rings is 2. The summed E-state index contributed by atoms with van der Waals surface area (Å²) in [7, 11) is 0. The molecule has 8 heteroatoms. The van der Waals surface area contributed by atoms with E-state index in [1.165, 1.54) is 56.8 Å². The van der Waals surface area contributed by atoms with E-state index in [1.54, 1.807) is 24.4 Å². The van der Waals surface area contributed by atoms with Gasteiger partial charge in [0.05, 0.1) is 17.5 Å². The van der Waals surface area contributed by atoms with Gasteiger partial charge in [-0.05, 0) is 118 Å². The van der Waals surface area contributed by atoms with E-state index in [-0.39, 0.29) is 11.5 Å². The second-order valence-electron chi connectivity index (χ2n) is 11.5. The zero-order valence-corrected chi connectivity index (χ0v) is 25.3. The van der Waals surface area contributed by atoms with Crippen molar-refractivity contribution in [3.63, 3.8) is 0 Å². The topological polar surface area (TPSA) is 77.0 Å². The molecule has 2 aliphatic rings. The number of rotatable bonds is 8. The number of hydrogen-bond acceptors (Lipinski definition) is 5. The Morgan fingerprint density at radius 2 is 1.69 bits per heavy atom. The molecule has 220 valence electrons. The molecular weight excluding hydrogens is 546 g/mol. The Hall–Kier alpha value is -3.52. The Morgan fingerprint density at radius 3 is 2.45 bits per heavy atom. The lowest BCUT2D eigenvalue weighted by Gasteiger charge is -2.40. The van der Waals surface area contributed by atoms with E-state index in [4.69, 9.17) is 11.6 Å². The van der Waals surface area contributed by atoms with Gasteiger partial charge in [0.1, 0.15) is 0 Å². The van der Waals surface area contributed by atoms with Crippen molar-refractivity contribution < 1.29 is 9.59 Å². The minimum Gasteiger partial charge on any atom is -0.321 e. The van der Waals surface area contributed by atoms with E-state index >= 15 is 0 Å². The smallest absolute Gasteiger partial charge is 0.273 e. The Kier molecular flexibility index (Phi) is 10.1. The fraction of sp³-hybridized carbons (Fsp3) is 0.382. The number of nitrogens with one attached hydrogen (secondary N) is 2. The summed E-state index contributed by atoms with van der Waals surface area (Å²) in [5.74, 6) is -0.745. The first-order valence-corrected chi connectivity index (χ1v) is 15.3. The summed E-state index contributed by atoms with van der Waals surface area (Å²) >= 11 is 6.20. The van der Waals surface area contributed by atoms with Crippen molar-refractivity contribution in [1.82, 2.24) is 15.2 Å². The molecule has 2 heterocycles. The zero-order chi connectivity index (χ0) is 29.5. The van der Waals surface area contributed by atoms with E-state index in [1.807, 2.05) is 44.2 Å². The molecule has 0 aromatic heterocycles. The first-order chi connectivity index (χ1) is 20.4. The first-order valence-electron chi connectivity index (χ1n) is 14.9. The minimum absolute atomic E-state index is 0.237. The van der Waals surface area contributed by atoms with Gasteiger partial charge in [0.25, 0.3) is 11.8 Å². The highest BCUT2D eigenvalue weighted by atomic mass is 35.5. The van der Waals surface area contributed by atoms with Crippen LogP contribution in [0.2, 0.25) is 5.02 Å². The molecule has 0 radical (unpaired) electrons. The van der Waals surface area contributed by atoms with Crippen molar-refractivity contribution in [1.29, 1.82) is 0 Å². The van der Waals surface area contributed by atoms with Crippen LogP contribution in [0.25, 0.3) is 0 Å². The molecule has 2 saturated heterocycles. The van der Waals surface area contributed by atoms with Crippen LogP contribution in [0.3, 0.4) is 0 Å². The van der Waals surface area contributed by atoms with Crippen molar-refractivity contribution in [3.05, 3.63) is 99.1 Å². The van der Waals surface area contributed by atoms with Gasteiger partial charge in [0, 0.05) is 23.2 Å². The fourth-order valence-corrected chi connectivity index (χ4v) is 6.05. The second-order valence-corrected chi connectivity index (χ2v) is 11.9. The molecule has 2 aliphatic heterocycles. The highest BCUT2D eigenvalue weighted by molar-refractivity contribution is 6.31. The third-order valence-electron chi connectivity index (χ3n) is 8.44. The van der Waals surface area contributed by atoms with Crippen LogP contribution in [-0.2, 0) is 6.54 Å². The summed E-state index contributed by atoms with van der Waals surface area (Å²) in [6.07, 6.45) is 8.04. The predicted molar refractivity (Wildman–Crippen MR) is 171 cm³/mol. The Balaban J connectivity index is 1.19. The molecule has 2 amide bonds. The number of benzene rings is 3. The second kappa shape index (κ2) is 14.1. The average molecular weight is 586 g/mol. The quantitative estimate of drug-likeness (QED) is 0.236. The van der Waals surface area contributed by atoms with Gasteiger partial charge in [-0.1, -0.05) is 48.4 Å². The Labute approximate surface area is 253 Å². The van der Waals surface area contributed by atoms with Crippen LogP contribution in [0.1, 0.15) is 75.1 Å². The van der Waals surface area contributed by atoms with Crippen LogP contribution in [-0.4, -0.2) is 60.0 Å². The molecular formula is C34H40ClN5O2. The number of aryl methyl sites for hydroxylation is 2. The number of nitrogens with zero attached hydrogens (tertiary/aromatic N) is 3. The summed E-state index contributed by atoms with van der Waals surface area (Å²) in [6, 6.07) is 19.2. The number of anilines is 1. The molecule has 0 bridgehead atoms. The molecule has 0 unspecified atom stereocenters. The van der Waals surface area contributed by atoms with E-state index in [9.17, 15) is 9.59 Å². The summed E-state index contributed by atoms with van der Waals surface area (Å²) in [5.41, 5.74) is 8.02. The number of hydrogen-bond donors (Lipinski definition) is 2. The molecule has 42 heavy (non-hydrogen) atoms. The Morgan fingerprint density at radius 1 is 0.905 bits per heavy atom. The number of likely N-dealkylation sites (tertiary alicyclic amines) is 2. The fourth-order valence-electron chi connectivity index (χ4n) is 5.87. The SMILES string of the molecule is Cc1ccc(/C=N/NC(=O)c2cc(Cl)ccc2NC(=O)c2cccc(CN3CCC(N4CCCCC4)CC3)c2)cc1C. The largest absolute Gasteiger partial charge is 0.321 e. The number of halogens is 1. The van der Waals surface area contributed by atoms with Gasteiger partial charge >= 0.3 is 0 Å². The van der Waals surface area contributed by atoms with E-state index in [2.05, 4.69) is 31.7 Å². The van der Waals surface area contributed by atoms with Gasteiger partial charge in [-0.25, -0.2) is 5.43 Å². The lowest BCUT2D eigenvalue weighted by molar-refractivity contribution is 0.0896. The number of hydrazone groups is 1. The Bertz CT molecular complexity index is 1440. The van der Waals surface area contributed by atoms with Crippen LogP contribution < -0.4 is 10.7 Å². The van der Waals surface area contributed by atoms with Crippen LogP contribution >= 0.6 is 11.6 Å². The lowest BCUT2D eigenvalue weighted by Crippen LogP contribution is -2.46. The van der Waals surface area contributed by atoms with E-state index in [0.717, 1.165) is 36.3 Å². The van der Waals surface area contributed by atoms with Crippen molar-refractivity contribution >= 4 is 35.3 Å². The van der Waals surface area contributed by atoms with Gasteiger partial charge in [0.2, 0.25) is 0 Å². The third-order valence-corrected chi connectivity index (χ3v) is 8.68. The molecule has 2 fully saturated rings. The normalized spacial score (nSPS) is 16.9. The minimum atomic E-state index is -0.463. The molecule has 0 atom stereocenters. The van der Waals surface area contributed by atoms with Gasteiger partial charge < -0.3 is 10.2 Å². The molecule has 2 N–H and O–H groups in total. The monoisotopic (exact) mass is 585 g/mol. The molecule has 7 nitrogen and oxygen atoms in total. The molecule has 3 aromatic carbocycles. The van der Waals surface area contributed by atoms with Crippen molar-refractivity contribution in [3.8, 4) is 0 Å². The summed E-state index contributed by atoms with van der Waals surface area (Å²) < 4.78 is 0. The highest BCUT2D eigenvalue weighted by Gasteiger charge is 2.25.